The van der Waals surface area contributed by atoms with E-state index in [-0.39, 0.29) is 6.42 Å². The maximum atomic E-state index is 11.1. The third-order valence-electron chi connectivity index (χ3n) is 3.20. The lowest BCUT2D eigenvalue weighted by Crippen LogP contribution is -2.13. The normalized spacial score (nSPS) is 10.7. The van der Waals surface area contributed by atoms with Crippen molar-refractivity contribution >= 4 is 17.0 Å². The lowest BCUT2D eigenvalue weighted by atomic mass is 10.1. The minimum Gasteiger partial charge on any atom is -0.497 e. The van der Waals surface area contributed by atoms with Crippen molar-refractivity contribution in [3.63, 3.8) is 0 Å². The van der Waals surface area contributed by atoms with E-state index in [1.54, 1.807) is 7.11 Å². The van der Waals surface area contributed by atoms with Gasteiger partial charge in [-0.05, 0) is 35.9 Å². The summed E-state index contributed by atoms with van der Waals surface area (Å²) < 4.78 is 10.9. The lowest BCUT2D eigenvalue weighted by Gasteiger charge is -1.99. The van der Waals surface area contributed by atoms with Gasteiger partial charge < -0.3 is 14.9 Å². The number of aromatic nitrogens is 1. The Labute approximate surface area is 121 Å². The Hall–Kier alpha value is -2.82. The Bertz CT molecular complexity index is 791. The van der Waals surface area contributed by atoms with Gasteiger partial charge in [0.05, 0.1) is 13.5 Å². The van der Waals surface area contributed by atoms with Crippen molar-refractivity contribution in [3.8, 4) is 17.2 Å². The molecule has 0 atom stereocenters. The topological polar surface area (TPSA) is 78.4 Å². The highest BCUT2D eigenvalue weighted by Crippen LogP contribution is 2.27. The van der Waals surface area contributed by atoms with E-state index in [4.69, 9.17) is 14.9 Å². The van der Waals surface area contributed by atoms with Gasteiger partial charge in [0.25, 0.3) is 0 Å². The number of ether oxygens (including phenoxy) is 1. The van der Waals surface area contributed by atoms with Crippen LogP contribution in [0, 0.1) is 0 Å². The first kappa shape index (κ1) is 13.2. The number of para-hydroxylation sites is 1. The molecule has 0 aliphatic rings. The largest absolute Gasteiger partial charge is 0.497 e. The molecule has 5 nitrogen and oxygen atoms in total. The second kappa shape index (κ2) is 5.28. The van der Waals surface area contributed by atoms with E-state index >= 15 is 0 Å². The fourth-order valence-corrected chi connectivity index (χ4v) is 2.19. The number of amides is 1. The molecular formula is C16H14N2O3. The standard InChI is InChI=1S/C16H14N2O3/c1-20-12-7-5-10(6-8-12)16-18-15-11(9-14(17)19)3-2-4-13(15)21-16/h2-8H,9H2,1H3,(H2,17,19). The number of primary amides is 1. The first-order valence-electron chi connectivity index (χ1n) is 6.48. The van der Waals surface area contributed by atoms with Crippen molar-refractivity contribution < 1.29 is 13.9 Å². The SMILES string of the molecule is COc1ccc(-c2nc3c(CC(N)=O)cccc3o2)cc1. The molecule has 0 fully saturated rings. The van der Waals surface area contributed by atoms with Gasteiger partial charge in [-0.25, -0.2) is 4.98 Å². The summed E-state index contributed by atoms with van der Waals surface area (Å²) >= 11 is 0. The molecular weight excluding hydrogens is 268 g/mol. The first-order valence-corrected chi connectivity index (χ1v) is 6.48. The Balaban J connectivity index is 2.05. The molecule has 21 heavy (non-hydrogen) atoms. The maximum absolute atomic E-state index is 11.1. The number of fused-ring (bicyclic) bond motifs is 1. The summed E-state index contributed by atoms with van der Waals surface area (Å²) in [4.78, 5) is 15.6. The summed E-state index contributed by atoms with van der Waals surface area (Å²) in [6.45, 7) is 0. The number of oxazole rings is 1. The number of nitrogens with zero attached hydrogens (tertiary/aromatic N) is 1. The van der Waals surface area contributed by atoms with Gasteiger partial charge in [0.15, 0.2) is 5.58 Å². The van der Waals surface area contributed by atoms with Crippen LogP contribution in [0.25, 0.3) is 22.6 Å². The van der Waals surface area contributed by atoms with Crippen molar-refractivity contribution in [2.75, 3.05) is 7.11 Å². The van der Waals surface area contributed by atoms with E-state index in [1.807, 2.05) is 42.5 Å². The van der Waals surface area contributed by atoms with E-state index < -0.39 is 5.91 Å². The smallest absolute Gasteiger partial charge is 0.227 e. The van der Waals surface area contributed by atoms with Gasteiger partial charge in [0.2, 0.25) is 11.8 Å². The van der Waals surface area contributed by atoms with E-state index in [0.717, 1.165) is 16.9 Å². The number of carbonyl (C=O) groups is 1. The average Bonchev–Trinajstić information content (AvgIpc) is 2.92. The van der Waals surface area contributed by atoms with Crippen LogP contribution in [0.2, 0.25) is 0 Å². The lowest BCUT2D eigenvalue weighted by molar-refractivity contribution is -0.117. The second-order valence-electron chi connectivity index (χ2n) is 4.65. The van der Waals surface area contributed by atoms with Gasteiger partial charge in [0.1, 0.15) is 11.3 Å². The van der Waals surface area contributed by atoms with Crippen LogP contribution in [0.5, 0.6) is 5.75 Å². The highest BCUT2D eigenvalue weighted by atomic mass is 16.5. The number of hydrogen-bond donors (Lipinski definition) is 1. The molecule has 1 heterocycles. The average molecular weight is 282 g/mol. The third-order valence-corrected chi connectivity index (χ3v) is 3.20. The number of rotatable bonds is 4. The molecule has 5 heteroatoms. The molecule has 0 bridgehead atoms. The van der Waals surface area contributed by atoms with Crippen LogP contribution in [0.4, 0.5) is 0 Å². The summed E-state index contributed by atoms with van der Waals surface area (Å²) in [5.74, 6) is 0.880. The van der Waals surface area contributed by atoms with Crippen molar-refractivity contribution in [3.05, 3.63) is 48.0 Å². The molecule has 106 valence electrons. The monoisotopic (exact) mass is 282 g/mol. The number of nitrogens with two attached hydrogens (primary N) is 1. The zero-order valence-electron chi connectivity index (χ0n) is 11.5. The Kier molecular flexibility index (Phi) is 3.31. The van der Waals surface area contributed by atoms with Crippen molar-refractivity contribution in [2.45, 2.75) is 6.42 Å². The molecule has 0 saturated heterocycles. The quantitative estimate of drug-likeness (QED) is 0.797. The Morgan fingerprint density at radius 1 is 1.24 bits per heavy atom. The second-order valence-corrected chi connectivity index (χ2v) is 4.65. The molecule has 0 aliphatic heterocycles. The summed E-state index contributed by atoms with van der Waals surface area (Å²) in [6.07, 6.45) is 0.145. The van der Waals surface area contributed by atoms with E-state index in [0.29, 0.717) is 17.0 Å². The number of carbonyl (C=O) groups excluding carboxylic acids is 1. The minimum absolute atomic E-state index is 0.145. The van der Waals surface area contributed by atoms with Crippen LogP contribution < -0.4 is 10.5 Å². The Morgan fingerprint density at radius 2 is 2.00 bits per heavy atom. The van der Waals surface area contributed by atoms with Crippen molar-refractivity contribution in [2.24, 2.45) is 5.73 Å². The molecule has 3 aromatic rings. The maximum Gasteiger partial charge on any atom is 0.227 e. The molecule has 2 N–H and O–H groups in total. The molecule has 0 aliphatic carbocycles. The molecule has 0 spiro atoms. The third kappa shape index (κ3) is 2.58. The number of hydrogen-bond acceptors (Lipinski definition) is 4. The van der Waals surface area contributed by atoms with Gasteiger partial charge in [-0.1, -0.05) is 12.1 Å². The van der Waals surface area contributed by atoms with Crippen molar-refractivity contribution in [1.82, 2.24) is 4.98 Å². The summed E-state index contributed by atoms with van der Waals surface area (Å²) in [6, 6.07) is 12.9. The zero-order valence-corrected chi connectivity index (χ0v) is 11.5. The van der Waals surface area contributed by atoms with E-state index in [1.165, 1.54) is 0 Å². The van der Waals surface area contributed by atoms with Crippen molar-refractivity contribution in [1.29, 1.82) is 0 Å². The molecule has 3 rings (SSSR count). The predicted octanol–water partition coefficient (Wildman–Crippen LogP) is 2.53. The van der Waals surface area contributed by atoms with E-state index in [9.17, 15) is 4.79 Å². The van der Waals surface area contributed by atoms with Gasteiger partial charge >= 0.3 is 0 Å². The minimum atomic E-state index is -0.392. The van der Waals surface area contributed by atoms with Crippen LogP contribution in [-0.2, 0) is 11.2 Å². The first-order chi connectivity index (χ1) is 10.2. The van der Waals surface area contributed by atoms with Crippen LogP contribution >= 0.6 is 0 Å². The zero-order chi connectivity index (χ0) is 14.8. The van der Waals surface area contributed by atoms with Gasteiger partial charge in [-0.15, -0.1) is 0 Å². The van der Waals surface area contributed by atoms with Crippen LogP contribution in [0.15, 0.2) is 46.9 Å². The summed E-state index contributed by atoms with van der Waals surface area (Å²) in [5.41, 5.74) is 8.17. The van der Waals surface area contributed by atoms with Crippen LogP contribution in [-0.4, -0.2) is 18.0 Å². The number of benzene rings is 2. The van der Waals surface area contributed by atoms with Gasteiger partial charge in [-0.2, -0.15) is 0 Å². The highest BCUT2D eigenvalue weighted by Gasteiger charge is 2.12. The highest BCUT2D eigenvalue weighted by molar-refractivity contribution is 5.85. The molecule has 0 saturated carbocycles. The number of methoxy groups -OCH3 is 1. The van der Waals surface area contributed by atoms with Gasteiger partial charge in [-0.3, -0.25) is 4.79 Å². The predicted molar refractivity (Wildman–Crippen MR) is 78.9 cm³/mol. The molecule has 1 amide bonds. The molecule has 0 radical (unpaired) electrons. The molecule has 0 unspecified atom stereocenters. The Morgan fingerprint density at radius 3 is 2.67 bits per heavy atom. The molecule has 2 aromatic carbocycles. The summed E-state index contributed by atoms with van der Waals surface area (Å²) in [7, 11) is 1.62. The van der Waals surface area contributed by atoms with Gasteiger partial charge in [0, 0.05) is 5.56 Å². The fraction of sp³-hybridized carbons (Fsp3) is 0.125. The fourth-order valence-electron chi connectivity index (χ4n) is 2.19. The van der Waals surface area contributed by atoms with E-state index in [2.05, 4.69) is 4.98 Å². The van der Waals surface area contributed by atoms with Crippen LogP contribution in [0.3, 0.4) is 0 Å². The molecule has 1 aromatic heterocycles. The van der Waals surface area contributed by atoms with Crippen LogP contribution in [0.1, 0.15) is 5.56 Å². The summed E-state index contributed by atoms with van der Waals surface area (Å²) in [5, 5.41) is 0.